The van der Waals surface area contributed by atoms with E-state index in [-0.39, 0.29) is 11.5 Å². The minimum absolute atomic E-state index is 0.118. The molecule has 0 radical (unpaired) electrons. The number of anilines is 1. The van der Waals surface area contributed by atoms with Gasteiger partial charge in [0.1, 0.15) is 0 Å². The van der Waals surface area contributed by atoms with Crippen LogP contribution >= 0.6 is 11.8 Å². The molecule has 2 aromatic rings. The third kappa shape index (κ3) is 2.61. The summed E-state index contributed by atoms with van der Waals surface area (Å²) < 4.78 is 1.46. The number of hydrogen-bond acceptors (Lipinski definition) is 3. The van der Waals surface area contributed by atoms with Crippen molar-refractivity contribution in [1.29, 1.82) is 0 Å². The molecule has 0 spiro atoms. The summed E-state index contributed by atoms with van der Waals surface area (Å²) >= 11 is 1.77. The maximum atomic E-state index is 12.7. The molecule has 0 fully saturated rings. The molecule has 0 saturated carbocycles. The summed E-state index contributed by atoms with van der Waals surface area (Å²) in [5, 5.41) is 0.329. The Morgan fingerprint density at radius 1 is 1.29 bits per heavy atom. The molecule has 1 aromatic heterocycles. The van der Waals surface area contributed by atoms with Crippen molar-refractivity contribution in [3.63, 3.8) is 0 Å². The van der Waals surface area contributed by atoms with Gasteiger partial charge in [0.2, 0.25) is 0 Å². The average molecular weight is 300 g/mol. The standard InChI is InChI=1S/C16H16N2O2S/c1-11-10-18(13-5-3-4-6-14(13)21-11)16(20)12-7-8-17(2)15(19)9-12/h3-9,11H,10H2,1-2H3/t11-/m0/s1. The number of para-hydroxylation sites is 1. The quantitative estimate of drug-likeness (QED) is 0.813. The number of carbonyl (C=O) groups is 1. The van der Waals surface area contributed by atoms with Crippen LogP contribution in [0.1, 0.15) is 17.3 Å². The summed E-state index contributed by atoms with van der Waals surface area (Å²) in [6.07, 6.45) is 1.63. The molecular formula is C16H16N2O2S. The van der Waals surface area contributed by atoms with E-state index < -0.39 is 0 Å². The fourth-order valence-electron chi connectivity index (χ4n) is 2.42. The zero-order valence-electron chi connectivity index (χ0n) is 11.9. The molecule has 2 heterocycles. The smallest absolute Gasteiger partial charge is 0.258 e. The molecule has 1 aliphatic rings. The summed E-state index contributed by atoms with van der Waals surface area (Å²) in [5.41, 5.74) is 1.19. The molecule has 3 rings (SSSR count). The zero-order valence-corrected chi connectivity index (χ0v) is 12.8. The number of aromatic nitrogens is 1. The van der Waals surface area contributed by atoms with E-state index in [0.29, 0.717) is 17.4 Å². The van der Waals surface area contributed by atoms with Crippen LogP contribution < -0.4 is 10.5 Å². The van der Waals surface area contributed by atoms with Gasteiger partial charge in [-0.2, -0.15) is 0 Å². The molecule has 4 nitrogen and oxygen atoms in total. The second kappa shape index (κ2) is 5.41. The minimum atomic E-state index is -0.173. The van der Waals surface area contributed by atoms with E-state index in [2.05, 4.69) is 6.92 Å². The predicted molar refractivity (Wildman–Crippen MR) is 85.1 cm³/mol. The van der Waals surface area contributed by atoms with E-state index in [9.17, 15) is 9.59 Å². The van der Waals surface area contributed by atoms with Gasteiger partial charge in [-0.3, -0.25) is 9.59 Å². The minimum Gasteiger partial charge on any atom is -0.319 e. The van der Waals surface area contributed by atoms with Crippen molar-refractivity contribution < 1.29 is 4.79 Å². The lowest BCUT2D eigenvalue weighted by molar-refractivity contribution is 0.0986. The van der Waals surface area contributed by atoms with Crippen LogP contribution in [0.25, 0.3) is 0 Å². The van der Waals surface area contributed by atoms with Crippen molar-refractivity contribution in [3.8, 4) is 0 Å². The predicted octanol–water partition coefficient (Wildman–Crippen LogP) is 2.53. The average Bonchev–Trinajstić information content (AvgIpc) is 2.48. The first-order valence-electron chi connectivity index (χ1n) is 6.80. The highest BCUT2D eigenvalue weighted by molar-refractivity contribution is 8.00. The lowest BCUT2D eigenvalue weighted by Crippen LogP contribution is -2.39. The van der Waals surface area contributed by atoms with Crippen molar-refractivity contribution in [2.75, 3.05) is 11.4 Å². The van der Waals surface area contributed by atoms with Crippen LogP contribution in [0, 0.1) is 0 Å². The molecular weight excluding hydrogens is 284 g/mol. The Hall–Kier alpha value is -2.01. The molecule has 0 unspecified atom stereocenters. The van der Waals surface area contributed by atoms with Crippen molar-refractivity contribution in [3.05, 3.63) is 58.5 Å². The van der Waals surface area contributed by atoms with Gasteiger partial charge in [-0.05, 0) is 18.2 Å². The van der Waals surface area contributed by atoms with Crippen LogP contribution in [0.3, 0.4) is 0 Å². The van der Waals surface area contributed by atoms with Crippen LogP contribution in [0.5, 0.6) is 0 Å². The number of hydrogen-bond donors (Lipinski definition) is 0. The number of rotatable bonds is 1. The molecule has 1 aliphatic heterocycles. The van der Waals surface area contributed by atoms with Gasteiger partial charge in [0, 0.05) is 41.6 Å². The highest BCUT2D eigenvalue weighted by Crippen LogP contribution is 2.38. The Labute approximate surface area is 127 Å². The number of nitrogens with zero attached hydrogens (tertiary/aromatic N) is 2. The summed E-state index contributed by atoms with van der Waals surface area (Å²) in [7, 11) is 1.67. The first-order chi connectivity index (χ1) is 10.1. The maximum absolute atomic E-state index is 12.7. The van der Waals surface area contributed by atoms with Gasteiger partial charge in [0.25, 0.3) is 11.5 Å². The van der Waals surface area contributed by atoms with Gasteiger partial charge >= 0.3 is 0 Å². The molecule has 1 atom stereocenters. The number of benzene rings is 1. The summed E-state index contributed by atoms with van der Waals surface area (Å²) in [4.78, 5) is 27.3. The van der Waals surface area contributed by atoms with Gasteiger partial charge in [-0.1, -0.05) is 19.1 Å². The lowest BCUT2D eigenvalue weighted by atomic mass is 10.2. The SMILES string of the molecule is C[C@H]1CN(C(=O)c2ccn(C)c(=O)c2)c2ccccc2S1. The van der Waals surface area contributed by atoms with Crippen LogP contribution in [0.2, 0.25) is 0 Å². The third-order valence-electron chi connectivity index (χ3n) is 3.52. The summed E-state index contributed by atoms with van der Waals surface area (Å²) in [5.74, 6) is -0.118. The van der Waals surface area contributed by atoms with Crippen LogP contribution in [0.15, 0.2) is 52.3 Å². The van der Waals surface area contributed by atoms with E-state index in [1.165, 1.54) is 10.6 Å². The first kappa shape index (κ1) is 13.9. The Kier molecular flexibility index (Phi) is 3.59. The fourth-order valence-corrected chi connectivity index (χ4v) is 3.53. The Balaban J connectivity index is 2.01. The second-order valence-electron chi connectivity index (χ2n) is 5.18. The van der Waals surface area contributed by atoms with E-state index in [1.54, 1.807) is 36.0 Å². The maximum Gasteiger partial charge on any atom is 0.258 e. The van der Waals surface area contributed by atoms with Crippen molar-refractivity contribution in [2.45, 2.75) is 17.1 Å². The monoisotopic (exact) mass is 300 g/mol. The molecule has 21 heavy (non-hydrogen) atoms. The molecule has 0 saturated heterocycles. The number of amides is 1. The number of fused-ring (bicyclic) bond motifs is 1. The van der Waals surface area contributed by atoms with Crippen molar-refractivity contribution in [2.24, 2.45) is 7.05 Å². The largest absolute Gasteiger partial charge is 0.319 e. The van der Waals surface area contributed by atoms with E-state index in [0.717, 1.165) is 10.6 Å². The first-order valence-corrected chi connectivity index (χ1v) is 7.68. The number of carbonyl (C=O) groups excluding carboxylic acids is 1. The number of aryl methyl sites for hydroxylation is 1. The molecule has 108 valence electrons. The van der Waals surface area contributed by atoms with Crippen LogP contribution in [0.4, 0.5) is 5.69 Å². The Morgan fingerprint density at radius 3 is 2.81 bits per heavy atom. The molecule has 0 bridgehead atoms. The van der Waals surface area contributed by atoms with Crippen molar-refractivity contribution in [1.82, 2.24) is 4.57 Å². The van der Waals surface area contributed by atoms with Crippen LogP contribution in [-0.4, -0.2) is 22.3 Å². The van der Waals surface area contributed by atoms with Gasteiger partial charge in [-0.15, -0.1) is 11.8 Å². The number of thioether (sulfide) groups is 1. The third-order valence-corrected chi connectivity index (χ3v) is 4.67. The number of pyridine rings is 1. The van der Waals surface area contributed by atoms with E-state index in [1.807, 2.05) is 24.3 Å². The lowest BCUT2D eigenvalue weighted by Gasteiger charge is -2.32. The second-order valence-corrected chi connectivity index (χ2v) is 6.66. The molecule has 1 amide bonds. The van der Waals surface area contributed by atoms with Gasteiger partial charge in [0.05, 0.1) is 5.69 Å². The molecule has 5 heteroatoms. The summed E-state index contributed by atoms with van der Waals surface area (Å²) in [6, 6.07) is 11.0. The normalized spacial score (nSPS) is 17.4. The highest BCUT2D eigenvalue weighted by Gasteiger charge is 2.27. The fraction of sp³-hybridized carbons (Fsp3) is 0.250. The molecule has 1 aromatic carbocycles. The van der Waals surface area contributed by atoms with Crippen LogP contribution in [-0.2, 0) is 7.05 Å². The zero-order chi connectivity index (χ0) is 15.0. The van der Waals surface area contributed by atoms with Gasteiger partial charge in [-0.25, -0.2) is 0 Å². The topological polar surface area (TPSA) is 42.3 Å². The van der Waals surface area contributed by atoms with E-state index in [4.69, 9.17) is 0 Å². The summed E-state index contributed by atoms with van der Waals surface area (Å²) in [6.45, 7) is 2.75. The van der Waals surface area contributed by atoms with E-state index >= 15 is 0 Å². The molecule has 0 aliphatic carbocycles. The van der Waals surface area contributed by atoms with Gasteiger partial charge in [0.15, 0.2) is 0 Å². The van der Waals surface area contributed by atoms with Gasteiger partial charge < -0.3 is 9.47 Å². The Bertz CT molecular complexity index is 754. The highest BCUT2D eigenvalue weighted by atomic mass is 32.2. The molecule has 0 N–H and O–H groups in total. The Morgan fingerprint density at radius 2 is 2.05 bits per heavy atom. The van der Waals surface area contributed by atoms with Crippen molar-refractivity contribution >= 4 is 23.4 Å².